The van der Waals surface area contributed by atoms with E-state index < -0.39 is 60.5 Å². The van der Waals surface area contributed by atoms with Crippen molar-refractivity contribution in [1.29, 1.82) is 0 Å². The van der Waals surface area contributed by atoms with E-state index in [4.69, 9.17) is 34.0 Å². The Labute approximate surface area is 386 Å². The van der Waals surface area contributed by atoms with Crippen molar-refractivity contribution in [2.45, 2.75) is 148 Å². The maximum atomic E-state index is 14.2. The maximum absolute atomic E-state index is 14.2. The van der Waals surface area contributed by atoms with Crippen molar-refractivity contribution in [3.05, 3.63) is 58.0 Å². The summed E-state index contributed by atoms with van der Waals surface area (Å²) in [7, 11) is 4.60. The van der Waals surface area contributed by atoms with Crippen LogP contribution >= 0.6 is 0 Å². The number of aliphatic hydroxyl groups excluding tert-OH is 1. The van der Waals surface area contributed by atoms with E-state index in [1.807, 2.05) is 58.1 Å². The predicted octanol–water partition coefficient (Wildman–Crippen LogP) is 7.03. The second-order valence-electron chi connectivity index (χ2n) is 18.2. The summed E-state index contributed by atoms with van der Waals surface area (Å²) in [5.41, 5.74) is 9.96. The Bertz CT molecular complexity index is 1740. The van der Waals surface area contributed by atoms with E-state index in [9.17, 15) is 29.1 Å². The molecule has 2 aliphatic heterocycles. The highest BCUT2D eigenvalue weighted by Crippen LogP contribution is 2.35. The lowest BCUT2D eigenvalue weighted by atomic mass is 9.78. The summed E-state index contributed by atoms with van der Waals surface area (Å²) in [5, 5.41) is 15.0. The van der Waals surface area contributed by atoms with Crippen molar-refractivity contribution in [1.82, 2.24) is 4.90 Å². The van der Waals surface area contributed by atoms with E-state index >= 15 is 0 Å². The molecule has 65 heavy (non-hydrogen) atoms. The van der Waals surface area contributed by atoms with Crippen LogP contribution in [0.25, 0.3) is 10.4 Å². The first-order valence-electron chi connectivity index (χ1n) is 23.3. The van der Waals surface area contributed by atoms with Crippen LogP contribution in [0.1, 0.15) is 106 Å². The van der Waals surface area contributed by atoms with Crippen LogP contribution in [0.4, 0.5) is 0 Å². The van der Waals surface area contributed by atoms with Gasteiger partial charge in [-0.25, -0.2) is 4.79 Å². The number of hydrogen-bond acceptors (Lipinski definition) is 13. The van der Waals surface area contributed by atoms with Crippen molar-refractivity contribution >= 4 is 29.2 Å². The summed E-state index contributed by atoms with van der Waals surface area (Å²) in [6.45, 7) is 11.5. The van der Waals surface area contributed by atoms with Gasteiger partial charge >= 0.3 is 5.97 Å². The number of carbonyl (C=O) groups excluding carboxylic acids is 5. The first kappa shape index (κ1) is 55.3. The fraction of sp³-hybridized carbons (Fsp3) is 0.735. The maximum Gasteiger partial charge on any atom is 0.329 e. The lowest BCUT2D eigenvalue weighted by molar-refractivity contribution is -0.166. The number of ether oxygens (including phenoxy) is 6. The molecule has 3 rings (SSSR count). The fourth-order valence-corrected chi connectivity index (χ4v) is 9.19. The van der Waals surface area contributed by atoms with Crippen LogP contribution in [0.3, 0.4) is 0 Å². The van der Waals surface area contributed by atoms with E-state index in [0.29, 0.717) is 56.9 Å². The molecular formula is C49H76N4O12. The van der Waals surface area contributed by atoms with Gasteiger partial charge in [-0.2, -0.15) is 0 Å². The normalized spacial score (nSPS) is 34.8. The van der Waals surface area contributed by atoms with E-state index in [2.05, 4.69) is 10.0 Å². The van der Waals surface area contributed by atoms with Crippen LogP contribution < -0.4 is 0 Å². The van der Waals surface area contributed by atoms with Crippen molar-refractivity contribution in [3.63, 3.8) is 0 Å². The first-order chi connectivity index (χ1) is 31.1. The largest absolute Gasteiger partial charge is 0.460 e. The molecule has 0 radical (unpaired) electrons. The number of aliphatic hydroxyl groups is 1. The molecule has 3 aliphatic rings. The molecule has 1 amide bonds. The Kier molecular flexibility index (Phi) is 24.6. The van der Waals surface area contributed by atoms with Gasteiger partial charge in [0.1, 0.15) is 36.7 Å². The van der Waals surface area contributed by atoms with E-state index in [-0.39, 0.29) is 80.4 Å². The van der Waals surface area contributed by atoms with E-state index in [1.54, 1.807) is 34.1 Å². The van der Waals surface area contributed by atoms with Crippen LogP contribution in [-0.2, 0) is 52.4 Å². The van der Waals surface area contributed by atoms with Crippen molar-refractivity contribution in [3.8, 4) is 0 Å². The van der Waals surface area contributed by atoms with Crippen LogP contribution in [0.2, 0.25) is 0 Å². The second-order valence-corrected chi connectivity index (χ2v) is 18.2. The average Bonchev–Trinajstić information content (AvgIpc) is 3.29. The fourth-order valence-electron chi connectivity index (χ4n) is 9.19. The summed E-state index contributed by atoms with van der Waals surface area (Å²) >= 11 is 0. The number of rotatable bonds is 10. The molecule has 0 aromatic carbocycles. The van der Waals surface area contributed by atoms with Gasteiger partial charge in [0.25, 0.3) is 5.91 Å². The number of amides is 1. The number of hydrogen-bond donors (Lipinski definition) is 1. The van der Waals surface area contributed by atoms with Crippen LogP contribution in [0.15, 0.2) is 52.7 Å². The molecule has 16 nitrogen and oxygen atoms in total. The standard InChI is InChI=1S/C49H76N4O12/c1-31-15-11-10-12-16-32(2)41(60-7)20-23-63-30-40(55)48(58)53-22-14-13-17-38(53)49(59)65-43(34(4)27-37-18-19-42(44(28-37)61-8)64-24-21-51-52-50)29-39(54)33(3)26-36(6)46(57)47(62-9)45(56)35(5)25-31/h10-12,15-16,26,31,33-35,37-38,41-44,46-47,57H,13-14,17-25,27-30H2,1-9H3/b12-10+,15-11+,32-16+,36-26+/t31-,33-,34-,35+,37+,38+,41+,42-,43+,44-,46-,47+/m1/s1. The molecule has 0 unspecified atom stereocenters. The SMILES string of the molecule is CO[C@H]1CCOCC(=O)C(=O)N2CCCC[C@H]2C(=O)O[C@H]([C@H](C)C[C@@H]2CC[C@@H](OCCN=[N+]=[N-])[C@H](OC)C2)CC(=O)[C@H](C)/C=C(\C)[C@@H](O)[C@@H](OC)C(=O)[C@@H](C)C[C@H](C)/C=C/C=C/C=C/1C. The molecule has 0 bridgehead atoms. The van der Waals surface area contributed by atoms with Gasteiger partial charge in [-0.05, 0) is 99.6 Å². The number of carbonyl (C=O) groups is 5. The number of esters is 1. The molecule has 0 spiro atoms. The number of nitrogens with zero attached hydrogens (tertiary/aromatic N) is 4. The Hall–Kier alpha value is -4.02. The van der Waals surface area contributed by atoms with Gasteiger partial charge in [0, 0.05) is 70.6 Å². The Balaban J connectivity index is 1.93. The molecule has 1 saturated carbocycles. The lowest BCUT2D eigenvalue weighted by Gasteiger charge is -2.38. The molecule has 2 fully saturated rings. The average molecular weight is 913 g/mol. The quantitative estimate of drug-likeness (QED) is 0.0445. The highest BCUT2D eigenvalue weighted by Gasteiger charge is 2.40. The summed E-state index contributed by atoms with van der Waals surface area (Å²) < 4.78 is 35.0. The predicted molar refractivity (Wildman–Crippen MR) is 245 cm³/mol. The Morgan fingerprint density at radius 1 is 0.923 bits per heavy atom. The number of ketones is 3. The van der Waals surface area contributed by atoms with Gasteiger partial charge in [-0.1, -0.05) is 69.3 Å². The zero-order valence-corrected chi connectivity index (χ0v) is 40.2. The van der Waals surface area contributed by atoms with Gasteiger partial charge in [0.05, 0.1) is 24.9 Å². The summed E-state index contributed by atoms with van der Waals surface area (Å²) in [6, 6.07) is -1.02. The zero-order chi connectivity index (χ0) is 48.1. The molecule has 1 aliphatic carbocycles. The zero-order valence-electron chi connectivity index (χ0n) is 40.2. The summed E-state index contributed by atoms with van der Waals surface area (Å²) in [4.78, 5) is 72.9. The third kappa shape index (κ3) is 17.6. The highest BCUT2D eigenvalue weighted by atomic mass is 16.5. The molecular weight excluding hydrogens is 837 g/mol. The van der Waals surface area contributed by atoms with Gasteiger partial charge in [0.2, 0.25) is 5.78 Å². The summed E-state index contributed by atoms with van der Waals surface area (Å²) in [5.74, 6) is -4.03. The second kappa shape index (κ2) is 28.9. The van der Waals surface area contributed by atoms with E-state index in [0.717, 1.165) is 12.0 Å². The van der Waals surface area contributed by atoms with Gasteiger partial charge < -0.3 is 38.4 Å². The van der Waals surface area contributed by atoms with Crippen LogP contribution in [-0.4, -0.2) is 136 Å². The molecule has 12 atom stereocenters. The highest BCUT2D eigenvalue weighted by molar-refractivity contribution is 6.37. The number of piperidine rings is 1. The molecule has 0 aromatic rings. The van der Waals surface area contributed by atoms with Crippen molar-refractivity contribution < 1.29 is 57.5 Å². The number of fused-ring (bicyclic) bond motifs is 1. The minimum Gasteiger partial charge on any atom is -0.460 e. The minimum absolute atomic E-state index is 0.0409. The van der Waals surface area contributed by atoms with Crippen molar-refractivity contribution in [2.75, 3.05) is 54.2 Å². The van der Waals surface area contributed by atoms with Gasteiger partial charge in [-0.15, -0.1) is 0 Å². The van der Waals surface area contributed by atoms with Crippen LogP contribution in [0.5, 0.6) is 0 Å². The van der Waals surface area contributed by atoms with Crippen LogP contribution in [0, 0.1) is 29.6 Å². The number of cyclic esters (lactones) is 1. The molecule has 1 saturated heterocycles. The summed E-state index contributed by atoms with van der Waals surface area (Å²) in [6.07, 6.45) is 12.4. The molecule has 0 aromatic heterocycles. The van der Waals surface area contributed by atoms with Gasteiger partial charge in [-0.3, -0.25) is 19.2 Å². The number of Topliss-reactive ketones (excluding diaryl/α,β-unsaturated/α-hetero) is 3. The minimum atomic E-state index is -1.30. The Morgan fingerprint density at radius 3 is 2.37 bits per heavy atom. The molecule has 16 heteroatoms. The van der Waals surface area contributed by atoms with Crippen molar-refractivity contribution in [2.24, 2.45) is 34.7 Å². The topological polar surface area (TPSA) is 213 Å². The lowest BCUT2D eigenvalue weighted by Crippen LogP contribution is -2.52. The smallest absolute Gasteiger partial charge is 0.329 e. The molecule has 1 N–H and O–H groups in total. The first-order valence-corrected chi connectivity index (χ1v) is 23.3. The molecule has 2 heterocycles. The monoisotopic (exact) mass is 913 g/mol. The number of azide groups is 1. The third-order valence-corrected chi connectivity index (χ3v) is 13.1. The Morgan fingerprint density at radius 2 is 1.68 bits per heavy atom. The number of allylic oxidation sites excluding steroid dienone is 6. The van der Waals surface area contributed by atoms with Gasteiger partial charge in [0.15, 0.2) is 5.78 Å². The van der Waals surface area contributed by atoms with E-state index in [1.165, 1.54) is 12.0 Å². The molecule has 364 valence electrons. The third-order valence-electron chi connectivity index (χ3n) is 13.1. The number of methoxy groups -OCH3 is 3.